The number of rotatable bonds is 9. The van der Waals surface area contributed by atoms with Crippen LogP contribution in [0.25, 0.3) is 0 Å². The lowest BCUT2D eigenvalue weighted by atomic mass is 9.78. The minimum absolute atomic E-state index is 0.0115. The van der Waals surface area contributed by atoms with Crippen molar-refractivity contribution in [2.45, 2.75) is 84.5 Å². The molecule has 2 heteroatoms. The monoisotopic (exact) mass is 266 g/mol. The van der Waals surface area contributed by atoms with E-state index in [-0.39, 0.29) is 17.6 Å². The van der Waals surface area contributed by atoms with Crippen LogP contribution in [0.1, 0.15) is 84.5 Å². The van der Waals surface area contributed by atoms with E-state index in [1.807, 2.05) is 0 Å². The number of Topliss-reactive ketones (excluding diaryl/α,β-unsaturated/α-hetero) is 2. The van der Waals surface area contributed by atoms with Gasteiger partial charge in [-0.1, -0.05) is 51.9 Å². The standard InChI is InChI=1S/C17H30O2/c1-3-4-5-7-12-16(13-14(2)18)17(19)15-10-8-6-9-11-15/h15-16H,3-13H2,1-2H3. The highest BCUT2D eigenvalue weighted by Crippen LogP contribution is 2.29. The lowest BCUT2D eigenvalue weighted by molar-refractivity contribution is -0.131. The third kappa shape index (κ3) is 6.35. The fraction of sp³-hybridized carbons (Fsp3) is 0.882. The summed E-state index contributed by atoms with van der Waals surface area (Å²) in [5, 5.41) is 0. The van der Waals surface area contributed by atoms with Gasteiger partial charge in [-0.3, -0.25) is 4.79 Å². The Kier molecular flexibility index (Phi) is 8.00. The maximum Gasteiger partial charge on any atom is 0.139 e. The number of carbonyl (C=O) groups excluding carboxylic acids is 2. The quantitative estimate of drug-likeness (QED) is 0.567. The highest BCUT2D eigenvalue weighted by atomic mass is 16.1. The fourth-order valence-electron chi connectivity index (χ4n) is 3.23. The van der Waals surface area contributed by atoms with Crippen LogP contribution in [-0.2, 0) is 9.59 Å². The Bertz CT molecular complexity index is 277. The zero-order chi connectivity index (χ0) is 14.1. The van der Waals surface area contributed by atoms with Gasteiger partial charge in [0, 0.05) is 18.3 Å². The average molecular weight is 266 g/mol. The Labute approximate surface area is 118 Å². The predicted molar refractivity (Wildman–Crippen MR) is 79.1 cm³/mol. The number of carbonyl (C=O) groups is 2. The first-order valence-electron chi connectivity index (χ1n) is 8.18. The van der Waals surface area contributed by atoms with Gasteiger partial charge in [-0.15, -0.1) is 0 Å². The van der Waals surface area contributed by atoms with Crippen molar-refractivity contribution in [1.82, 2.24) is 0 Å². The molecule has 0 aromatic rings. The summed E-state index contributed by atoms with van der Waals surface area (Å²) >= 11 is 0. The molecule has 0 aromatic carbocycles. The molecule has 1 aliphatic rings. The summed E-state index contributed by atoms with van der Waals surface area (Å²) in [5.74, 6) is 0.831. The van der Waals surface area contributed by atoms with E-state index in [2.05, 4.69) is 6.92 Å². The van der Waals surface area contributed by atoms with Crippen molar-refractivity contribution < 1.29 is 9.59 Å². The van der Waals surface area contributed by atoms with E-state index in [1.165, 1.54) is 38.5 Å². The smallest absolute Gasteiger partial charge is 0.139 e. The molecule has 0 N–H and O–H groups in total. The molecule has 1 rings (SSSR count). The molecule has 0 heterocycles. The van der Waals surface area contributed by atoms with Crippen LogP contribution < -0.4 is 0 Å². The summed E-state index contributed by atoms with van der Waals surface area (Å²) < 4.78 is 0. The van der Waals surface area contributed by atoms with Gasteiger partial charge in [0.1, 0.15) is 11.6 Å². The summed E-state index contributed by atoms with van der Waals surface area (Å²) in [6.45, 7) is 3.81. The van der Waals surface area contributed by atoms with Crippen LogP contribution in [0.4, 0.5) is 0 Å². The maximum atomic E-state index is 12.5. The fourth-order valence-corrected chi connectivity index (χ4v) is 3.23. The van der Waals surface area contributed by atoms with Crippen LogP contribution in [0.3, 0.4) is 0 Å². The normalized spacial score (nSPS) is 18.2. The van der Waals surface area contributed by atoms with Gasteiger partial charge in [-0.2, -0.15) is 0 Å². The summed E-state index contributed by atoms with van der Waals surface area (Å²) in [5.41, 5.74) is 0. The highest BCUT2D eigenvalue weighted by Gasteiger charge is 2.28. The minimum atomic E-state index is 0.0115. The number of unbranched alkanes of at least 4 members (excludes halogenated alkanes) is 3. The Morgan fingerprint density at radius 2 is 1.74 bits per heavy atom. The number of hydrogen-bond donors (Lipinski definition) is 0. The third-order valence-corrected chi connectivity index (χ3v) is 4.35. The van der Waals surface area contributed by atoms with E-state index in [0.29, 0.717) is 12.2 Å². The van der Waals surface area contributed by atoms with Crippen molar-refractivity contribution in [1.29, 1.82) is 0 Å². The van der Waals surface area contributed by atoms with Gasteiger partial charge in [0.15, 0.2) is 0 Å². The van der Waals surface area contributed by atoms with Crippen LogP contribution in [0, 0.1) is 11.8 Å². The van der Waals surface area contributed by atoms with Crippen LogP contribution in [0.5, 0.6) is 0 Å². The topological polar surface area (TPSA) is 34.1 Å². The number of ketones is 2. The van der Waals surface area contributed by atoms with Gasteiger partial charge in [-0.05, 0) is 26.2 Å². The van der Waals surface area contributed by atoms with E-state index >= 15 is 0 Å². The SMILES string of the molecule is CCCCCCC(CC(C)=O)C(=O)C1CCCCC1. The van der Waals surface area contributed by atoms with Crippen LogP contribution in [0.15, 0.2) is 0 Å². The van der Waals surface area contributed by atoms with E-state index in [9.17, 15) is 9.59 Å². The van der Waals surface area contributed by atoms with Crippen LogP contribution in [-0.4, -0.2) is 11.6 Å². The van der Waals surface area contributed by atoms with Gasteiger partial charge < -0.3 is 4.79 Å². The molecule has 0 amide bonds. The molecule has 0 aliphatic heterocycles. The Morgan fingerprint density at radius 3 is 2.32 bits per heavy atom. The zero-order valence-electron chi connectivity index (χ0n) is 12.7. The van der Waals surface area contributed by atoms with Crippen molar-refractivity contribution in [2.24, 2.45) is 11.8 Å². The third-order valence-electron chi connectivity index (χ3n) is 4.35. The first-order chi connectivity index (χ1) is 9.15. The molecule has 1 aliphatic carbocycles. The van der Waals surface area contributed by atoms with Crippen molar-refractivity contribution >= 4 is 11.6 Å². The van der Waals surface area contributed by atoms with Crippen molar-refractivity contribution in [3.05, 3.63) is 0 Å². The van der Waals surface area contributed by atoms with E-state index < -0.39 is 0 Å². The van der Waals surface area contributed by atoms with Crippen molar-refractivity contribution in [2.75, 3.05) is 0 Å². The van der Waals surface area contributed by atoms with Gasteiger partial charge in [0.05, 0.1) is 0 Å². The minimum Gasteiger partial charge on any atom is -0.300 e. The largest absolute Gasteiger partial charge is 0.300 e. The second-order valence-corrected chi connectivity index (χ2v) is 6.19. The van der Waals surface area contributed by atoms with E-state index in [0.717, 1.165) is 25.7 Å². The molecule has 2 nitrogen and oxygen atoms in total. The molecular formula is C17H30O2. The Balaban J connectivity index is 2.46. The average Bonchev–Trinajstić information content (AvgIpc) is 2.42. The summed E-state index contributed by atoms with van der Waals surface area (Å²) in [6.07, 6.45) is 11.9. The van der Waals surface area contributed by atoms with Crippen molar-refractivity contribution in [3.8, 4) is 0 Å². The first-order valence-corrected chi connectivity index (χ1v) is 8.18. The zero-order valence-corrected chi connectivity index (χ0v) is 12.7. The molecule has 0 saturated heterocycles. The molecule has 1 unspecified atom stereocenters. The van der Waals surface area contributed by atoms with Crippen LogP contribution >= 0.6 is 0 Å². The predicted octanol–water partition coefficient (Wildman–Crippen LogP) is 4.70. The molecule has 1 fully saturated rings. The lowest BCUT2D eigenvalue weighted by Gasteiger charge is -2.25. The number of hydrogen-bond acceptors (Lipinski definition) is 2. The molecule has 0 bridgehead atoms. The Hall–Kier alpha value is -0.660. The summed E-state index contributed by atoms with van der Waals surface area (Å²) in [4.78, 5) is 23.9. The van der Waals surface area contributed by atoms with Gasteiger partial charge in [0.25, 0.3) is 0 Å². The van der Waals surface area contributed by atoms with Crippen LogP contribution in [0.2, 0.25) is 0 Å². The van der Waals surface area contributed by atoms with E-state index in [1.54, 1.807) is 6.92 Å². The van der Waals surface area contributed by atoms with E-state index in [4.69, 9.17) is 0 Å². The Morgan fingerprint density at radius 1 is 1.05 bits per heavy atom. The second-order valence-electron chi connectivity index (χ2n) is 6.19. The van der Waals surface area contributed by atoms with Gasteiger partial charge in [-0.25, -0.2) is 0 Å². The molecule has 0 aromatic heterocycles. The van der Waals surface area contributed by atoms with Gasteiger partial charge in [0.2, 0.25) is 0 Å². The molecule has 19 heavy (non-hydrogen) atoms. The molecule has 0 spiro atoms. The molecule has 110 valence electrons. The first kappa shape index (κ1) is 16.4. The summed E-state index contributed by atoms with van der Waals surface area (Å²) in [7, 11) is 0. The molecule has 1 saturated carbocycles. The molecular weight excluding hydrogens is 236 g/mol. The van der Waals surface area contributed by atoms with Gasteiger partial charge >= 0.3 is 0 Å². The molecule has 1 atom stereocenters. The lowest BCUT2D eigenvalue weighted by Crippen LogP contribution is -2.27. The maximum absolute atomic E-state index is 12.5. The van der Waals surface area contributed by atoms with Crippen molar-refractivity contribution in [3.63, 3.8) is 0 Å². The molecule has 0 radical (unpaired) electrons. The summed E-state index contributed by atoms with van der Waals surface area (Å²) in [6, 6.07) is 0. The highest BCUT2D eigenvalue weighted by molar-refractivity contribution is 5.88. The second kappa shape index (κ2) is 9.28.